The Kier molecular flexibility index (Phi) is 10.8. The molecule has 0 aromatic heterocycles. The van der Waals surface area contributed by atoms with Crippen LogP contribution >= 0.6 is 35.0 Å². The van der Waals surface area contributed by atoms with E-state index in [1.54, 1.807) is 19.2 Å². The number of anilines is 1. The molecule has 0 radical (unpaired) electrons. The lowest BCUT2D eigenvalue weighted by Gasteiger charge is -2.31. The summed E-state index contributed by atoms with van der Waals surface area (Å²) < 4.78 is 10.5. The zero-order valence-corrected chi connectivity index (χ0v) is 24.1. The topological polar surface area (TPSA) is 126 Å². The Labute approximate surface area is 241 Å². The minimum Gasteiger partial charge on any atom is -0.382 e. The molecular formula is C27H31Cl2N3O6S. The van der Waals surface area contributed by atoms with Crippen LogP contribution in [0.5, 0.6) is 0 Å². The molecule has 12 heteroatoms. The van der Waals surface area contributed by atoms with Gasteiger partial charge < -0.3 is 30.2 Å². The van der Waals surface area contributed by atoms with E-state index >= 15 is 0 Å². The number of epoxide rings is 1. The number of halogens is 2. The highest BCUT2D eigenvalue weighted by Crippen LogP contribution is 2.30. The molecule has 1 aliphatic heterocycles. The van der Waals surface area contributed by atoms with Gasteiger partial charge in [-0.25, -0.2) is 0 Å². The average Bonchev–Trinajstić information content (AvgIpc) is 3.68. The molecule has 2 aromatic rings. The molecule has 2 aromatic carbocycles. The van der Waals surface area contributed by atoms with E-state index in [1.807, 2.05) is 30.3 Å². The van der Waals surface area contributed by atoms with E-state index in [0.29, 0.717) is 11.3 Å². The van der Waals surface area contributed by atoms with Crippen molar-refractivity contribution in [3.05, 3.63) is 64.1 Å². The second-order valence-corrected chi connectivity index (χ2v) is 11.1. The molecule has 1 fully saturated rings. The van der Waals surface area contributed by atoms with Crippen LogP contribution in [0.15, 0.2) is 48.5 Å². The third kappa shape index (κ3) is 7.95. The summed E-state index contributed by atoms with van der Waals surface area (Å²) in [7, 11) is 1.37. The molecule has 9 nitrogen and oxygen atoms in total. The third-order valence-corrected chi connectivity index (χ3v) is 7.54. The number of ether oxygens (including phenoxy) is 2. The summed E-state index contributed by atoms with van der Waals surface area (Å²) in [5.41, 5.74) is -1.64. The van der Waals surface area contributed by atoms with Gasteiger partial charge in [-0.2, -0.15) is 11.8 Å². The zero-order chi connectivity index (χ0) is 28.6. The Hall–Kier alpha value is -2.63. The summed E-state index contributed by atoms with van der Waals surface area (Å²) in [6.07, 6.45) is 2.43. The molecule has 0 aliphatic carbocycles. The maximum atomic E-state index is 13.5. The molecule has 4 atom stereocenters. The van der Waals surface area contributed by atoms with Crippen LogP contribution in [0.2, 0.25) is 10.0 Å². The number of carbonyl (C=O) groups excluding carboxylic acids is 4. The van der Waals surface area contributed by atoms with Crippen molar-refractivity contribution in [2.75, 3.05) is 37.6 Å². The SMILES string of the molecule is COC[C@H](NC(=O)[C@](C=O)(CSC)Nc1cc(Cl)ccc1Cl)C(=O)N[C@@H](Cc1ccccc1)C(=O)C1(C)CO1. The number of nitrogens with one attached hydrogen (secondary N) is 3. The van der Waals surface area contributed by atoms with Gasteiger partial charge in [-0.3, -0.25) is 14.4 Å². The summed E-state index contributed by atoms with van der Waals surface area (Å²) in [6, 6.07) is 11.7. The van der Waals surface area contributed by atoms with E-state index < -0.39 is 35.0 Å². The molecule has 210 valence electrons. The summed E-state index contributed by atoms with van der Waals surface area (Å²) in [4.78, 5) is 52.5. The summed E-state index contributed by atoms with van der Waals surface area (Å²) in [5, 5.41) is 8.87. The number of benzene rings is 2. The first-order valence-electron chi connectivity index (χ1n) is 12.1. The predicted molar refractivity (Wildman–Crippen MR) is 153 cm³/mol. The molecule has 39 heavy (non-hydrogen) atoms. The molecule has 3 rings (SSSR count). The minimum atomic E-state index is -1.78. The second kappa shape index (κ2) is 13.6. The number of Topliss-reactive ketones (excluding diaryl/α,β-unsaturated/α-hetero) is 1. The predicted octanol–water partition coefficient (Wildman–Crippen LogP) is 2.92. The lowest BCUT2D eigenvalue weighted by Crippen LogP contribution is -2.62. The molecule has 1 saturated heterocycles. The van der Waals surface area contributed by atoms with Crippen molar-refractivity contribution in [3.8, 4) is 0 Å². The number of rotatable bonds is 15. The van der Waals surface area contributed by atoms with Crippen LogP contribution < -0.4 is 16.0 Å². The molecule has 0 bridgehead atoms. The van der Waals surface area contributed by atoms with Crippen LogP contribution in [-0.4, -0.2) is 79.4 Å². The number of thioether (sulfide) groups is 1. The normalized spacial score (nSPS) is 19.2. The molecule has 0 spiro atoms. The number of hydrogen-bond acceptors (Lipinski definition) is 8. The summed E-state index contributed by atoms with van der Waals surface area (Å²) >= 11 is 13.6. The maximum Gasteiger partial charge on any atom is 0.254 e. The van der Waals surface area contributed by atoms with Crippen LogP contribution in [0, 0.1) is 0 Å². The Morgan fingerprint density at radius 3 is 2.44 bits per heavy atom. The van der Waals surface area contributed by atoms with E-state index in [-0.39, 0.29) is 41.9 Å². The monoisotopic (exact) mass is 595 g/mol. The van der Waals surface area contributed by atoms with Gasteiger partial charge in [-0.1, -0.05) is 53.5 Å². The fourth-order valence-corrected chi connectivity index (χ4v) is 4.99. The first-order chi connectivity index (χ1) is 18.6. The van der Waals surface area contributed by atoms with Crippen LogP contribution in [0.4, 0.5) is 5.69 Å². The van der Waals surface area contributed by atoms with Gasteiger partial charge in [0.25, 0.3) is 5.91 Å². The highest BCUT2D eigenvalue weighted by atomic mass is 35.5. The lowest BCUT2D eigenvalue weighted by molar-refractivity contribution is -0.135. The lowest BCUT2D eigenvalue weighted by atomic mass is 9.94. The van der Waals surface area contributed by atoms with Crippen molar-refractivity contribution < 1.29 is 28.7 Å². The fourth-order valence-electron chi connectivity index (χ4n) is 3.92. The van der Waals surface area contributed by atoms with E-state index in [1.165, 1.54) is 31.0 Å². The Balaban J connectivity index is 1.82. The fraction of sp³-hybridized carbons (Fsp3) is 0.407. The minimum absolute atomic E-state index is 0.0251. The highest BCUT2D eigenvalue weighted by molar-refractivity contribution is 7.98. The molecular weight excluding hydrogens is 565 g/mol. The van der Waals surface area contributed by atoms with Crippen LogP contribution in [-0.2, 0) is 35.1 Å². The Morgan fingerprint density at radius 2 is 1.85 bits per heavy atom. The summed E-state index contributed by atoms with van der Waals surface area (Å²) in [6.45, 7) is 1.73. The number of hydrogen-bond donors (Lipinski definition) is 3. The smallest absolute Gasteiger partial charge is 0.254 e. The maximum absolute atomic E-state index is 13.5. The van der Waals surface area contributed by atoms with Crippen LogP contribution in [0.3, 0.4) is 0 Å². The van der Waals surface area contributed by atoms with Gasteiger partial charge >= 0.3 is 0 Å². The Morgan fingerprint density at radius 1 is 1.15 bits per heavy atom. The van der Waals surface area contributed by atoms with Gasteiger partial charge in [0.05, 0.1) is 30.0 Å². The third-order valence-electron chi connectivity index (χ3n) is 6.23. The van der Waals surface area contributed by atoms with Crippen molar-refractivity contribution in [1.82, 2.24) is 10.6 Å². The molecule has 2 amide bonds. The van der Waals surface area contributed by atoms with Gasteiger partial charge in [0, 0.05) is 17.9 Å². The molecule has 0 saturated carbocycles. The van der Waals surface area contributed by atoms with Gasteiger partial charge in [0.2, 0.25) is 5.91 Å². The van der Waals surface area contributed by atoms with Gasteiger partial charge in [0.1, 0.15) is 11.6 Å². The zero-order valence-electron chi connectivity index (χ0n) is 21.8. The number of carbonyl (C=O) groups is 4. The Bertz CT molecular complexity index is 1200. The number of ketones is 1. The van der Waals surface area contributed by atoms with E-state index in [2.05, 4.69) is 16.0 Å². The van der Waals surface area contributed by atoms with Crippen molar-refractivity contribution in [2.45, 2.75) is 36.6 Å². The first-order valence-corrected chi connectivity index (χ1v) is 14.2. The van der Waals surface area contributed by atoms with Crippen molar-refractivity contribution in [1.29, 1.82) is 0 Å². The second-order valence-electron chi connectivity index (χ2n) is 9.39. The van der Waals surface area contributed by atoms with Gasteiger partial charge in [0.15, 0.2) is 17.6 Å². The summed E-state index contributed by atoms with van der Waals surface area (Å²) in [5.74, 6) is -1.67. The van der Waals surface area contributed by atoms with Crippen molar-refractivity contribution in [3.63, 3.8) is 0 Å². The number of amides is 2. The van der Waals surface area contributed by atoms with Crippen molar-refractivity contribution in [2.24, 2.45) is 0 Å². The number of methoxy groups -OCH3 is 1. The first kappa shape index (κ1) is 30.9. The molecule has 1 heterocycles. The average molecular weight is 597 g/mol. The van der Waals surface area contributed by atoms with Gasteiger partial charge in [-0.15, -0.1) is 0 Å². The largest absolute Gasteiger partial charge is 0.382 e. The molecule has 1 aliphatic rings. The van der Waals surface area contributed by atoms with Crippen LogP contribution in [0.1, 0.15) is 12.5 Å². The highest BCUT2D eigenvalue weighted by Gasteiger charge is 2.50. The van der Waals surface area contributed by atoms with Crippen LogP contribution in [0.25, 0.3) is 0 Å². The van der Waals surface area contributed by atoms with E-state index in [4.69, 9.17) is 32.7 Å². The molecule has 3 N–H and O–H groups in total. The van der Waals surface area contributed by atoms with Gasteiger partial charge in [-0.05, 0) is 43.4 Å². The molecule has 1 unspecified atom stereocenters. The standard InChI is InChI=1S/C27H31Cl2N3O6S/c1-26(15-38-26)23(34)21(11-17-7-5-4-6-8-17)30-24(35)22(13-37-2)31-25(36)27(14-33,16-39-3)32-20-12-18(28)9-10-19(20)29/h4-10,12,14,21-22,32H,11,13,15-16H2,1-3H3,(H,30,35)(H,31,36)/t21-,22-,26?,27-/m0/s1. The van der Waals surface area contributed by atoms with Crippen molar-refractivity contribution >= 4 is 64.5 Å². The van der Waals surface area contributed by atoms with E-state index in [9.17, 15) is 19.2 Å². The quantitative estimate of drug-likeness (QED) is 0.163. The van der Waals surface area contributed by atoms with E-state index in [0.717, 1.165) is 5.56 Å². The number of aldehydes is 1.